The van der Waals surface area contributed by atoms with Crippen molar-refractivity contribution in [1.29, 1.82) is 0 Å². The van der Waals surface area contributed by atoms with Crippen molar-refractivity contribution in [3.63, 3.8) is 0 Å². The zero-order chi connectivity index (χ0) is 36.6. The lowest BCUT2D eigenvalue weighted by Gasteiger charge is -2.18. The molecule has 0 unspecified atom stereocenters. The summed E-state index contributed by atoms with van der Waals surface area (Å²) in [6.45, 7) is 6.61. The van der Waals surface area contributed by atoms with Crippen LogP contribution in [-0.4, -0.2) is 37.2 Å². The van der Waals surface area contributed by atoms with Gasteiger partial charge in [-0.05, 0) is 19.3 Å². The summed E-state index contributed by atoms with van der Waals surface area (Å²) >= 11 is 0. The van der Waals surface area contributed by atoms with Crippen LogP contribution in [0.3, 0.4) is 0 Å². The van der Waals surface area contributed by atoms with Crippen LogP contribution < -0.4 is 0 Å². The zero-order valence-electron chi connectivity index (χ0n) is 33.7. The molecule has 0 N–H and O–H groups in total. The molecule has 0 bridgehead atoms. The van der Waals surface area contributed by atoms with Gasteiger partial charge < -0.3 is 14.2 Å². The summed E-state index contributed by atoms with van der Waals surface area (Å²) in [4.78, 5) is 37.5. The van der Waals surface area contributed by atoms with Crippen LogP contribution in [0.1, 0.15) is 245 Å². The van der Waals surface area contributed by atoms with E-state index < -0.39 is 6.10 Å². The van der Waals surface area contributed by atoms with Gasteiger partial charge in [-0.1, -0.05) is 207 Å². The molecule has 0 saturated carbocycles. The number of rotatable bonds is 40. The van der Waals surface area contributed by atoms with Gasteiger partial charge in [0.2, 0.25) is 0 Å². The predicted octanol–water partition coefficient (Wildman–Crippen LogP) is 13.7. The molecule has 0 rings (SSSR count). The van der Waals surface area contributed by atoms with E-state index in [9.17, 15) is 14.4 Å². The lowest BCUT2D eigenvalue weighted by atomic mass is 10.0. The van der Waals surface area contributed by atoms with Crippen molar-refractivity contribution in [3.8, 4) is 0 Å². The molecule has 0 aromatic rings. The van der Waals surface area contributed by atoms with Gasteiger partial charge in [-0.15, -0.1) is 0 Å². The van der Waals surface area contributed by atoms with Crippen LogP contribution in [0.4, 0.5) is 0 Å². The fourth-order valence-electron chi connectivity index (χ4n) is 6.50. The molecule has 1 atom stereocenters. The topological polar surface area (TPSA) is 78.9 Å². The van der Waals surface area contributed by atoms with Crippen LogP contribution in [0.2, 0.25) is 0 Å². The van der Waals surface area contributed by atoms with E-state index in [4.69, 9.17) is 14.2 Å². The molecule has 0 spiro atoms. The average molecular weight is 709 g/mol. The second-order valence-corrected chi connectivity index (χ2v) is 15.0. The third-order valence-electron chi connectivity index (χ3n) is 9.86. The largest absolute Gasteiger partial charge is 0.462 e. The van der Waals surface area contributed by atoms with Gasteiger partial charge in [-0.25, -0.2) is 0 Å². The first kappa shape index (κ1) is 48.4. The monoisotopic (exact) mass is 709 g/mol. The molecule has 0 fully saturated rings. The van der Waals surface area contributed by atoms with Crippen LogP contribution in [0.25, 0.3) is 0 Å². The number of carbonyl (C=O) groups excluding carboxylic acids is 3. The summed E-state index contributed by atoms with van der Waals surface area (Å²) < 4.78 is 16.7. The van der Waals surface area contributed by atoms with Gasteiger partial charge in [0.25, 0.3) is 0 Å². The molecule has 50 heavy (non-hydrogen) atoms. The van der Waals surface area contributed by atoms with Crippen molar-refractivity contribution >= 4 is 17.9 Å². The molecule has 0 aliphatic heterocycles. The molecule has 0 saturated heterocycles. The first-order valence-corrected chi connectivity index (χ1v) is 22.0. The minimum atomic E-state index is -0.756. The van der Waals surface area contributed by atoms with Gasteiger partial charge >= 0.3 is 17.9 Å². The Bertz CT molecular complexity index is 738. The average Bonchev–Trinajstić information content (AvgIpc) is 3.11. The molecule has 0 amide bonds. The summed E-state index contributed by atoms with van der Waals surface area (Å²) in [5, 5.41) is 0. The lowest BCUT2D eigenvalue weighted by Crippen LogP contribution is -2.30. The highest BCUT2D eigenvalue weighted by Crippen LogP contribution is 2.15. The summed E-state index contributed by atoms with van der Waals surface area (Å²) in [5.74, 6) is -0.857. The fraction of sp³-hybridized carbons (Fsp3) is 0.932. The first-order valence-electron chi connectivity index (χ1n) is 22.0. The third-order valence-corrected chi connectivity index (χ3v) is 9.86. The Hall–Kier alpha value is -1.59. The second kappa shape index (κ2) is 40.2. The lowest BCUT2D eigenvalue weighted by molar-refractivity contribution is -0.167. The third kappa shape index (κ3) is 37.7. The van der Waals surface area contributed by atoms with Crippen LogP contribution in [0, 0.1) is 0 Å². The number of ether oxygens (including phenoxy) is 3. The van der Waals surface area contributed by atoms with E-state index in [1.807, 2.05) is 0 Å². The van der Waals surface area contributed by atoms with Gasteiger partial charge in [-0.3, -0.25) is 14.4 Å². The van der Waals surface area contributed by atoms with Crippen LogP contribution >= 0.6 is 0 Å². The van der Waals surface area contributed by atoms with E-state index in [1.165, 1.54) is 148 Å². The summed E-state index contributed by atoms with van der Waals surface area (Å²) in [6.07, 6.45) is 39.4. The predicted molar refractivity (Wildman–Crippen MR) is 210 cm³/mol. The van der Waals surface area contributed by atoms with Crippen molar-refractivity contribution < 1.29 is 28.6 Å². The highest BCUT2D eigenvalue weighted by Gasteiger charge is 2.19. The first-order chi connectivity index (χ1) is 24.5. The molecule has 0 radical (unpaired) electrons. The van der Waals surface area contributed by atoms with Gasteiger partial charge in [0.1, 0.15) is 13.2 Å². The van der Waals surface area contributed by atoms with E-state index in [2.05, 4.69) is 20.8 Å². The Morgan fingerprint density at radius 2 is 0.540 bits per heavy atom. The van der Waals surface area contributed by atoms with Crippen molar-refractivity contribution in [2.75, 3.05) is 13.2 Å². The van der Waals surface area contributed by atoms with E-state index in [1.54, 1.807) is 0 Å². The Morgan fingerprint density at radius 3 is 0.800 bits per heavy atom. The van der Waals surface area contributed by atoms with E-state index in [-0.39, 0.29) is 31.1 Å². The molecule has 0 aromatic carbocycles. The molecule has 0 aliphatic carbocycles. The molecule has 0 aliphatic rings. The maximum absolute atomic E-state index is 12.6. The van der Waals surface area contributed by atoms with Gasteiger partial charge in [-0.2, -0.15) is 0 Å². The minimum Gasteiger partial charge on any atom is -0.462 e. The van der Waals surface area contributed by atoms with Crippen molar-refractivity contribution in [2.24, 2.45) is 0 Å². The molecule has 6 heteroatoms. The Balaban J connectivity index is 4.30. The van der Waals surface area contributed by atoms with E-state index >= 15 is 0 Å². The summed E-state index contributed by atoms with van der Waals surface area (Å²) in [5.41, 5.74) is 0. The number of unbranched alkanes of at least 4 members (excludes halogenated alkanes) is 29. The summed E-state index contributed by atoms with van der Waals surface area (Å²) in [6, 6.07) is 0. The fourth-order valence-corrected chi connectivity index (χ4v) is 6.50. The highest BCUT2D eigenvalue weighted by molar-refractivity contribution is 5.71. The maximum Gasteiger partial charge on any atom is 0.306 e. The van der Waals surface area contributed by atoms with Crippen molar-refractivity contribution in [3.05, 3.63) is 0 Å². The quantitative estimate of drug-likeness (QED) is 0.0358. The van der Waals surface area contributed by atoms with Crippen LogP contribution in [0.5, 0.6) is 0 Å². The van der Waals surface area contributed by atoms with Crippen LogP contribution in [0.15, 0.2) is 0 Å². The van der Waals surface area contributed by atoms with Gasteiger partial charge in [0, 0.05) is 19.3 Å². The Kier molecular flexibility index (Phi) is 38.9. The standard InChI is InChI=1S/C44H84O6/c1-4-7-10-13-16-19-21-22-23-26-28-31-34-37-43(46)49-40-41(39-48-42(45)36-33-30-27-24-18-15-12-9-6-3)50-44(47)38-35-32-29-25-20-17-14-11-8-5-2/h41H,4-40H2,1-3H3/t41-/m1/s1. The summed E-state index contributed by atoms with van der Waals surface area (Å²) in [7, 11) is 0. The maximum atomic E-state index is 12.6. The normalized spacial score (nSPS) is 11.8. The Morgan fingerprint density at radius 1 is 0.320 bits per heavy atom. The molecular formula is C44H84O6. The molecular weight excluding hydrogens is 624 g/mol. The Labute approximate surface area is 310 Å². The smallest absolute Gasteiger partial charge is 0.306 e. The van der Waals surface area contributed by atoms with E-state index in [0.29, 0.717) is 19.3 Å². The number of hydrogen-bond acceptors (Lipinski definition) is 6. The number of carbonyl (C=O) groups is 3. The van der Waals surface area contributed by atoms with Gasteiger partial charge in [0.05, 0.1) is 0 Å². The second-order valence-electron chi connectivity index (χ2n) is 15.0. The molecule has 6 nitrogen and oxygen atoms in total. The molecule has 296 valence electrons. The van der Waals surface area contributed by atoms with Gasteiger partial charge in [0.15, 0.2) is 6.10 Å². The van der Waals surface area contributed by atoms with Crippen LogP contribution in [-0.2, 0) is 28.6 Å². The SMILES string of the molecule is CCCCCCCCCCCCCCCC(=O)OC[C@@H](COC(=O)CCCCCCCCCCC)OC(=O)CCCCCCCCCCCC. The zero-order valence-corrected chi connectivity index (χ0v) is 33.7. The number of esters is 3. The molecule has 0 heterocycles. The minimum absolute atomic E-state index is 0.0631. The highest BCUT2D eigenvalue weighted by atomic mass is 16.6. The van der Waals surface area contributed by atoms with Crippen molar-refractivity contribution in [2.45, 2.75) is 252 Å². The number of hydrogen-bond donors (Lipinski definition) is 0. The molecule has 0 aromatic heterocycles. The van der Waals surface area contributed by atoms with E-state index in [0.717, 1.165) is 57.8 Å². The van der Waals surface area contributed by atoms with Crippen molar-refractivity contribution in [1.82, 2.24) is 0 Å².